The fourth-order valence-corrected chi connectivity index (χ4v) is 1.66. The van der Waals surface area contributed by atoms with Crippen molar-refractivity contribution in [2.75, 3.05) is 5.73 Å². The smallest absolute Gasteiger partial charge is 0.174 e. The highest BCUT2D eigenvalue weighted by atomic mass is 15.5. The number of hydrogen-bond donors (Lipinski definition) is 1. The Bertz CT molecular complexity index is 482. The summed E-state index contributed by atoms with van der Waals surface area (Å²) in [4.78, 5) is 0. The summed E-state index contributed by atoms with van der Waals surface area (Å²) >= 11 is 0. The molecule has 4 nitrogen and oxygen atoms in total. The van der Waals surface area contributed by atoms with Gasteiger partial charge in [-0.1, -0.05) is 35.0 Å². The molecule has 0 aliphatic heterocycles. The lowest BCUT2D eigenvalue weighted by atomic mass is 10.1. The highest BCUT2D eigenvalue weighted by molar-refractivity contribution is 5.70. The number of rotatable bonds is 2. The van der Waals surface area contributed by atoms with E-state index in [1.165, 1.54) is 5.56 Å². The zero-order valence-electron chi connectivity index (χ0n) is 9.81. The molecule has 2 aromatic rings. The van der Waals surface area contributed by atoms with Gasteiger partial charge in [-0.3, -0.25) is 0 Å². The lowest BCUT2D eigenvalue weighted by Crippen LogP contribution is -2.05. The van der Waals surface area contributed by atoms with Crippen LogP contribution in [-0.2, 0) is 0 Å². The van der Waals surface area contributed by atoms with Crippen molar-refractivity contribution in [3.05, 3.63) is 29.8 Å². The average Bonchev–Trinajstić information content (AvgIpc) is 2.62. The predicted molar refractivity (Wildman–Crippen MR) is 65.0 cm³/mol. The average molecular weight is 216 g/mol. The summed E-state index contributed by atoms with van der Waals surface area (Å²) in [5.41, 5.74) is 9.04. The van der Waals surface area contributed by atoms with Gasteiger partial charge in [0.15, 0.2) is 5.82 Å². The molecule has 1 heterocycles. The molecule has 84 valence electrons. The first kappa shape index (κ1) is 10.7. The largest absolute Gasteiger partial charge is 0.380 e. The van der Waals surface area contributed by atoms with Crippen LogP contribution in [0.2, 0.25) is 0 Å². The number of nitrogens with zero attached hydrogens (tertiary/aromatic N) is 3. The van der Waals surface area contributed by atoms with Crippen molar-refractivity contribution in [2.24, 2.45) is 0 Å². The molecule has 0 atom stereocenters. The molecule has 16 heavy (non-hydrogen) atoms. The summed E-state index contributed by atoms with van der Waals surface area (Å²) in [5, 5.41) is 7.98. The zero-order chi connectivity index (χ0) is 11.7. The van der Waals surface area contributed by atoms with Gasteiger partial charge in [0.25, 0.3) is 0 Å². The van der Waals surface area contributed by atoms with E-state index < -0.39 is 0 Å². The van der Waals surface area contributed by atoms with Gasteiger partial charge in [0.05, 0.1) is 0 Å². The third-order valence-electron chi connectivity index (χ3n) is 2.53. The Morgan fingerprint density at radius 2 is 1.81 bits per heavy atom. The van der Waals surface area contributed by atoms with Crippen LogP contribution >= 0.6 is 0 Å². The van der Waals surface area contributed by atoms with Crippen LogP contribution in [0.5, 0.6) is 0 Å². The summed E-state index contributed by atoms with van der Waals surface area (Å²) < 4.78 is 1.85. The van der Waals surface area contributed by atoms with Gasteiger partial charge in [0.2, 0.25) is 0 Å². The Hall–Kier alpha value is -1.84. The molecule has 0 fully saturated rings. The topological polar surface area (TPSA) is 56.7 Å². The fraction of sp³-hybridized carbons (Fsp3) is 0.333. The fourth-order valence-electron chi connectivity index (χ4n) is 1.66. The number of benzene rings is 1. The van der Waals surface area contributed by atoms with Crippen molar-refractivity contribution in [3.63, 3.8) is 0 Å². The van der Waals surface area contributed by atoms with Gasteiger partial charge in [-0.15, -0.1) is 5.10 Å². The SMILES string of the molecule is Cc1ccc(-c2c(N)nnn2C(C)C)cc1. The van der Waals surface area contributed by atoms with Crippen LogP contribution < -0.4 is 5.73 Å². The number of hydrogen-bond acceptors (Lipinski definition) is 3. The van der Waals surface area contributed by atoms with Crippen molar-refractivity contribution in [1.29, 1.82) is 0 Å². The molecule has 0 unspecified atom stereocenters. The minimum Gasteiger partial charge on any atom is -0.380 e. The van der Waals surface area contributed by atoms with E-state index in [2.05, 4.69) is 43.2 Å². The van der Waals surface area contributed by atoms with Crippen molar-refractivity contribution in [3.8, 4) is 11.3 Å². The highest BCUT2D eigenvalue weighted by Crippen LogP contribution is 2.26. The minimum atomic E-state index is 0.251. The van der Waals surface area contributed by atoms with E-state index in [0.717, 1.165) is 11.3 Å². The van der Waals surface area contributed by atoms with Crippen LogP contribution in [0.1, 0.15) is 25.5 Å². The molecule has 1 aromatic heterocycles. The molecule has 0 bridgehead atoms. The maximum atomic E-state index is 5.85. The normalized spacial score (nSPS) is 11.0. The number of aromatic nitrogens is 3. The molecule has 0 amide bonds. The summed E-state index contributed by atoms with van der Waals surface area (Å²) in [6.45, 7) is 6.18. The van der Waals surface area contributed by atoms with Crippen molar-refractivity contribution in [2.45, 2.75) is 26.8 Å². The molecule has 0 radical (unpaired) electrons. The molecule has 1 aromatic carbocycles. The molecule has 0 saturated heterocycles. The number of nitrogen functional groups attached to an aromatic ring is 1. The van der Waals surface area contributed by atoms with Crippen LogP contribution in [-0.4, -0.2) is 15.0 Å². The van der Waals surface area contributed by atoms with E-state index in [1.807, 2.05) is 16.8 Å². The van der Waals surface area contributed by atoms with Gasteiger partial charge in [0, 0.05) is 11.6 Å². The summed E-state index contributed by atoms with van der Waals surface area (Å²) in [6.07, 6.45) is 0. The van der Waals surface area contributed by atoms with E-state index in [9.17, 15) is 0 Å². The van der Waals surface area contributed by atoms with Gasteiger partial charge in [-0.2, -0.15) is 0 Å². The second kappa shape index (κ2) is 3.96. The van der Waals surface area contributed by atoms with Gasteiger partial charge >= 0.3 is 0 Å². The van der Waals surface area contributed by atoms with E-state index in [1.54, 1.807) is 0 Å². The molecular weight excluding hydrogens is 200 g/mol. The van der Waals surface area contributed by atoms with Crippen LogP contribution in [0, 0.1) is 6.92 Å². The number of nitrogens with two attached hydrogens (primary N) is 1. The van der Waals surface area contributed by atoms with E-state index in [-0.39, 0.29) is 6.04 Å². The maximum Gasteiger partial charge on any atom is 0.174 e. The molecule has 4 heteroatoms. The quantitative estimate of drug-likeness (QED) is 0.838. The standard InChI is InChI=1S/C12H16N4/c1-8(2)16-11(12(13)14-15-16)10-6-4-9(3)5-7-10/h4-8H,13H2,1-3H3. The Morgan fingerprint density at radius 1 is 1.19 bits per heavy atom. The summed E-state index contributed by atoms with van der Waals surface area (Å²) in [7, 11) is 0. The van der Waals surface area contributed by atoms with Crippen molar-refractivity contribution < 1.29 is 0 Å². The molecule has 0 aliphatic rings. The van der Waals surface area contributed by atoms with E-state index in [4.69, 9.17) is 5.73 Å². The third-order valence-corrected chi connectivity index (χ3v) is 2.53. The Labute approximate surface area is 95.1 Å². The van der Waals surface area contributed by atoms with Crippen molar-refractivity contribution in [1.82, 2.24) is 15.0 Å². The second-order valence-corrected chi connectivity index (χ2v) is 4.23. The monoisotopic (exact) mass is 216 g/mol. The molecule has 0 spiro atoms. The lowest BCUT2D eigenvalue weighted by Gasteiger charge is -2.10. The first-order valence-corrected chi connectivity index (χ1v) is 5.37. The Balaban J connectivity index is 2.54. The summed E-state index contributed by atoms with van der Waals surface area (Å²) in [6, 6.07) is 8.46. The van der Waals surface area contributed by atoms with E-state index in [0.29, 0.717) is 5.82 Å². The van der Waals surface area contributed by atoms with Gasteiger partial charge in [-0.05, 0) is 20.8 Å². The molecule has 2 rings (SSSR count). The Kier molecular flexibility index (Phi) is 2.64. The van der Waals surface area contributed by atoms with Crippen LogP contribution in [0.15, 0.2) is 24.3 Å². The van der Waals surface area contributed by atoms with Crippen LogP contribution in [0.25, 0.3) is 11.3 Å². The van der Waals surface area contributed by atoms with Crippen molar-refractivity contribution >= 4 is 5.82 Å². The van der Waals surface area contributed by atoms with E-state index >= 15 is 0 Å². The van der Waals surface area contributed by atoms with Crippen LogP contribution in [0.3, 0.4) is 0 Å². The first-order chi connectivity index (χ1) is 7.59. The number of anilines is 1. The molecule has 0 aliphatic carbocycles. The second-order valence-electron chi connectivity index (χ2n) is 4.23. The third kappa shape index (κ3) is 1.78. The predicted octanol–water partition coefficient (Wildman–Crippen LogP) is 2.42. The molecular formula is C12H16N4. The Morgan fingerprint density at radius 3 is 2.38 bits per heavy atom. The maximum absolute atomic E-state index is 5.85. The summed E-state index contributed by atoms with van der Waals surface area (Å²) in [5.74, 6) is 0.484. The molecule has 0 saturated carbocycles. The lowest BCUT2D eigenvalue weighted by molar-refractivity contribution is 0.519. The highest BCUT2D eigenvalue weighted by Gasteiger charge is 2.14. The zero-order valence-corrected chi connectivity index (χ0v) is 9.81. The van der Waals surface area contributed by atoms with Gasteiger partial charge < -0.3 is 5.73 Å². The first-order valence-electron chi connectivity index (χ1n) is 5.37. The minimum absolute atomic E-state index is 0.251. The van der Waals surface area contributed by atoms with Gasteiger partial charge in [-0.25, -0.2) is 4.68 Å². The van der Waals surface area contributed by atoms with Crippen LogP contribution in [0.4, 0.5) is 5.82 Å². The molecule has 2 N–H and O–H groups in total. The number of aryl methyl sites for hydroxylation is 1. The van der Waals surface area contributed by atoms with Gasteiger partial charge in [0.1, 0.15) is 5.69 Å².